The van der Waals surface area contributed by atoms with Crippen molar-refractivity contribution in [2.45, 2.75) is 65.7 Å². The summed E-state index contributed by atoms with van der Waals surface area (Å²) < 4.78 is 36.2. The minimum Gasteiger partial charge on any atom is -0.496 e. The van der Waals surface area contributed by atoms with Crippen LogP contribution in [0, 0.1) is 0 Å². The Morgan fingerprint density at radius 2 is 1.59 bits per heavy atom. The van der Waals surface area contributed by atoms with Crippen LogP contribution in [0.4, 0.5) is 16.6 Å². The Kier molecular flexibility index (Phi) is 16.5. The molecule has 14 nitrogen and oxygen atoms in total. The van der Waals surface area contributed by atoms with Gasteiger partial charge in [0.25, 0.3) is 0 Å². The summed E-state index contributed by atoms with van der Waals surface area (Å²) in [7, 11) is 1.68. The van der Waals surface area contributed by atoms with E-state index >= 15 is 0 Å². The maximum atomic E-state index is 12.2. The van der Waals surface area contributed by atoms with Crippen LogP contribution in [0.2, 0.25) is 0 Å². The molecule has 51 heavy (non-hydrogen) atoms. The van der Waals surface area contributed by atoms with Gasteiger partial charge >= 0.3 is 6.09 Å². The third-order valence-electron chi connectivity index (χ3n) is 8.35. The van der Waals surface area contributed by atoms with Crippen LogP contribution in [-0.4, -0.2) is 129 Å². The Bertz CT molecular complexity index is 1470. The van der Waals surface area contributed by atoms with Crippen molar-refractivity contribution in [1.82, 2.24) is 24.3 Å². The second-order valence-corrected chi connectivity index (χ2v) is 13.6. The summed E-state index contributed by atoms with van der Waals surface area (Å²) in [5.41, 5.74) is 9.31. The number of methoxy groups -OCH3 is 1. The SMILES string of the molecule is CCCCCNc1nc(N)nc2ccn(Cc3ccc(COCCOCCOCCOCCN4CCN(C(=O)OC(C)(C)C)CC4)cc3OC)c12. The number of rotatable bonds is 22. The number of unbranched alkanes of at least 4 members (excludes halogenated alkanes) is 2. The number of nitrogens with two attached hydrogens (primary N) is 1. The molecule has 1 aliphatic heterocycles. The van der Waals surface area contributed by atoms with Crippen LogP contribution < -0.4 is 15.8 Å². The zero-order chi connectivity index (χ0) is 36.5. The van der Waals surface area contributed by atoms with E-state index in [-0.39, 0.29) is 12.0 Å². The highest BCUT2D eigenvalue weighted by atomic mass is 16.6. The van der Waals surface area contributed by atoms with Gasteiger partial charge in [0.2, 0.25) is 5.95 Å². The molecule has 4 rings (SSSR count). The lowest BCUT2D eigenvalue weighted by Gasteiger charge is -2.35. The van der Waals surface area contributed by atoms with Crippen molar-refractivity contribution in [3.8, 4) is 5.75 Å². The van der Waals surface area contributed by atoms with Crippen LogP contribution in [0.15, 0.2) is 30.5 Å². The zero-order valence-electron chi connectivity index (χ0n) is 31.3. The molecule has 3 aromatic rings. The lowest BCUT2D eigenvalue weighted by atomic mass is 10.1. The van der Waals surface area contributed by atoms with Gasteiger partial charge in [-0.05, 0) is 44.9 Å². The summed E-state index contributed by atoms with van der Waals surface area (Å²) >= 11 is 0. The normalized spacial score (nSPS) is 13.9. The third-order valence-corrected chi connectivity index (χ3v) is 8.35. The number of nitrogens with one attached hydrogen (secondary N) is 1. The summed E-state index contributed by atoms with van der Waals surface area (Å²) in [6.45, 7) is 17.2. The lowest BCUT2D eigenvalue weighted by Crippen LogP contribution is -2.50. The van der Waals surface area contributed by atoms with Crippen LogP contribution in [0.1, 0.15) is 58.1 Å². The van der Waals surface area contributed by atoms with E-state index in [1.807, 2.05) is 39.1 Å². The minimum absolute atomic E-state index is 0.239. The summed E-state index contributed by atoms with van der Waals surface area (Å²) in [5, 5.41) is 3.45. The zero-order valence-corrected chi connectivity index (χ0v) is 31.3. The molecule has 0 aliphatic carbocycles. The molecule has 0 bridgehead atoms. The van der Waals surface area contributed by atoms with Gasteiger partial charge in [-0.25, -0.2) is 9.78 Å². The van der Waals surface area contributed by atoms with Crippen LogP contribution >= 0.6 is 0 Å². The van der Waals surface area contributed by atoms with Gasteiger partial charge in [-0.3, -0.25) is 4.90 Å². The second kappa shape index (κ2) is 21.0. The molecule has 2 aromatic heterocycles. The van der Waals surface area contributed by atoms with Crippen molar-refractivity contribution in [2.75, 3.05) is 104 Å². The standard InChI is InChI=1S/C37H59N7O7/c1-6-7-8-12-39-34-33-31(40-35(38)41-34)11-13-44(33)27-30-10-9-29(26-32(30)46-5)28-50-25-24-49-23-22-48-21-20-47-19-18-42-14-16-43(17-15-42)36(45)51-37(2,3)4/h9-11,13,26H,6-8,12,14-25,27-28H2,1-5H3,(H3,38,39,40,41). The Morgan fingerprint density at radius 1 is 0.902 bits per heavy atom. The quantitative estimate of drug-likeness (QED) is 0.138. The Hall–Kier alpha value is -3.69. The predicted octanol–water partition coefficient (Wildman–Crippen LogP) is 4.79. The first-order valence-corrected chi connectivity index (χ1v) is 18.2. The molecule has 1 aliphatic rings. The topological polar surface area (TPSA) is 148 Å². The van der Waals surface area contributed by atoms with Gasteiger partial charge in [0.1, 0.15) is 16.9 Å². The highest BCUT2D eigenvalue weighted by molar-refractivity contribution is 5.87. The number of ether oxygens (including phenoxy) is 6. The summed E-state index contributed by atoms with van der Waals surface area (Å²) in [4.78, 5) is 25.2. The van der Waals surface area contributed by atoms with E-state index in [0.29, 0.717) is 72.5 Å². The fraction of sp³-hybridized carbons (Fsp3) is 0.649. The first-order chi connectivity index (χ1) is 24.7. The van der Waals surface area contributed by atoms with E-state index in [4.69, 9.17) is 34.2 Å². The van der Waals surface area contributed by atoms with Crippen molar-refractivity contribution in [3.63, 3.8) is 0 Å². The van der Waals surface area contributed by atoms with Crippen molar-refractivity contribution in [3.05, 3.63) is 41.6 Å². The number of carbonyl (C=O) groups excluding carboxylic acids is 1. The van der Waals surface area contributed by atoms with Crippen molar-refractivity contribution < 1.29 is 33.2 Å². The number of hydrogen-bond donors (Lipinski definition) is 2. The monoisotopic (exact) mass is 713 g/mol. The summed E-state index contributed by atoms with van der Waals surface area (Å²) in [5.74, 6) is 1.81. The van der Waals surface area contributed by atoms with E-state index in [9.17, 15) is 4.79 Å². The van der Waals surface area contributed by atoms with E-state index in [1.54, 1.807) is 12.0 Å². The Balaban J connectivity index is 1.05. The molecule has 1 fully saturated rings. The second-order valence-electron chi connectivity index (χ2n) is 13.6. The van der Waals surface area contributed by atoms with Gasteiger partial charge in [-0.15, -0.1) is 0 Å². The first-order valence-electron chi connectivity index (χ1n) is 18.2. The van der Waals surface area contributed by atoms with Crippen molar-refractivity contribution in [1.29, 1.82) is 0 Å². The van der Waals surface area contributed by atoms with Crippen LogP contribution in [-0.2, 0) is 36.8 Å². The smallest absolute Gasteiger partial charge is 0.410 e. The molecule has 3 heterocycles. The number of anilines is 2. The number of nitrogen functional groups attached to an aromatic ring is 1. The number of benzene rings is 1. The van der Waals surface area contributed by atoms with Gasteiger partial charge in [0.05, 0.1) is 72.0 Å². The Morgan fingerprint density at radius 3 is 2.25 bits per heavy atom. The van der Waals surface area contributed by atoms with Gasteiger partial charge in [-0.1, -0.05) is 31.9 Å². The predicted molar refractivity (Wildman–Crippen MR) is 198 cm³/mol. The van der Waals surface area contributed by atoms with Crippen LogP contribution in [0.5, 0.6) is 5.75 Å². The van der Waals surface area contributed by atoms with Crippen molar-refractivity contribution in [2.24, 2.45) is 0 Å². The van der Waals surface area contributed by atoms with E-state index < -0.39 is 5.60 Å². The maximum Gasteiger partial charge on any atom is 0.410 e. The largest absolute Gasteiger partial charge is 0.496 e. The molecule has 1 amide bonds. The van der Waals surface area contributed by atoms with Gasteiger partial charge in [0, 0.05) is 51.0 Å². The molecular formula is C37H59N7O7. The fourth-order valence-corrected chi connectivity index (χ4v) is 5.68. The van der Waals surface area contributed by atoms with Crippen molar-refractivity contribution >= 4 is 28.9 Å². The molecule has 0 radical (unpaired) electrons. The minimum atomic E-state index is -0.471. The van der Waals surface area contributed by atoms with Gasteiger partial charge in [-0.2, -0.15) is 4.98 Å². The molecule has 1 saturated heterocycles. The van der Waals surface area contributed by atoms with Crippen LogP contribution in [0.25, 0.3) is 11.0 Å². The Labute approximate surface area is 302 Å². The maximum absolute atomic E-state index is 12.2. The molecule has 0 spiro atoms. The van der Waals surface area contributed by atoms with Gasteiger partial charge < -0.3 is 48.9 Å². The van der Waals surface area contributed by atoms with Crippen LogP contribution in [0.3, 0.4) is 0 Å². The summed E-state index contributed by atoms with van der Waals surface area (Å²) in [6.07, 6.45) is 5.15. The molecule has 0 atom stereocenters. The van der Waals surface area contributed by atoms with E-state index in [1.165, 1.54) is 0 Å². The molecule has 3 N–H and O–H groups in total. The molecular weight excluding hydrogens is 654 g/mol. The lowest BCUT2D eigenvalue weighted by molar-refractivity contribution is -0.00858. The third kappa shape index (κ3) is 13.8. The number of carbonyl (C=O) groups is 1. The molecule has 284 valence electrons. The van der Waals surface area contributed by atoms with E-state index in [2.05, 4.69) is 43.8 Å². The number of fused-ring (bicyclic) bond motifs is 1. The number of hydrogen-bond acceptors (Lipinski definition) is 12. The molecule has 1 aromatic carbocycles. The first kappa shape index (κ1) is 40.1. The summed E-state index contributed by atoms with van der Waals surface area (Å²) in [6, 6.07) is 8.11. The average Bonchev–Trinajstić information content (AvgIpc) is 3.50. The number of piperazine rings is 1. The molecule has 0 unspecified atom stereocenters. The fourth-order valence-electron chi connectivity index (χ4n) is 5.68. The highest BCUT2D eigenvalue weighted by Crippen LogP contribution is 2.27. The number of nitrogens with zero attached hydrogens (tertiary/aromatic N) is 5. The van der Waals surface area contributed by atoms with Gasteiger partial charge in [0.15, 0.2) is 5.82 Å². The highest BCUT2D eigenvalue weighted by Gasteiger charge is 2.25. The molecule has 0 saturated carbocycles. The number of amides is 1. The molecule has 14 heteroatoms. The average molecular weight is 714 g/mol. The number of aromatic nitrogens is 3. The van der Waals surface area contributed by atoms with E-state index in [0.717, 1.165) is 79.2 Å².